The van der Waals surface area contributed by atoms with Crippen LogP contribution in [0.25, 0.3) is 0 Å². The Bertz CT molecular complexity index is 635. The summed E-state index contributed by atoms with van der Waals surface area (Å²) in [4.78, 5) is 35.4. The van der Waals surface area contributed by atoms with Crippen LogP contribution in [-0.4, -0.2) is 82.9 Å². The predicted octanol–water partition coefficient (Wildman–Crippen LogP) is 1.63. The fourth-order valence-corrected chi connectivity index (χ4v) is 4.38. The number of hydrogen-bond acceptors (Lipinski definition) is 4. The zero-order chi connectivity index (χ0) is 19.4. The minimum Gasteiger partial charge on any atom is -0.342 e. The summed E-state index contributed by atoms with van der Waals surface area (Å²) in [6.07, 6.45) is 9.87. The molecule has 0 radical (unpaired) electrons. The van der Waals surface area contributed by atoms with Gasteiger partial charge in [-0.2, -0.15) is 0 Å². The summed E-state index contributed by atoms with van der Waals surface area (Å²) in [5.41, 5.74) is 0.195. The molecule has 0 aromatic carbocycles. The van der Waals surface area contributed by atoms with Gasteiger partial charge in [0.1, 0.15) is 6.04 Å². The second-order valence-corrected chi connectivity index (χ2v) is 8.48. The van der Waals surface area contributed by atoms with Gasteiger partial charge in [0.2, 0.25) is 11.8 Å². The van der Waals surface area contributed by atoms with Gasteiger partial charge in [0.15, 0.2) is 0 Å². The zero-order valence-corrected chi connectivity index (χ0v) is 16.9. The molecule has 2 fully saturated rings. The van der Waals surface area contributed by atoms with Crippen LogP contribution in [0.1, 0.15) is 45.1 Å². The van der Waals surface area contributed by atoms with Gasteiger partial charge in [-0.05, 0) is 58.7 Å². The van der Waals surface area contributed by atoms with Gasteiger partial charge in [-0.15, -0.1) is 0 Å². The summed E-state index contributed by atoms with van der Waals surface area (Å²) in [7, 11) is 4.13. The van der Waals surface area contributed by atoms with E-state index in [2.05, 4.69) is 28.9 Å². The molecule has 7 heteroatoms. The molecule has 2 saturated heterocycles. The van der Waals surface area contributed by atoms with Crippen molar-refractivity contribution in [3.8, 4) is 0 Å². The number of hydrogen-bond donors (Lipinski definition) is 0. The molecule has 0 aliphatic carbocycles. The van der Waals surface area contributed by atoms with E-state index in [1.807, 2.05) is 22.6 Å². The van der Waals surface area contributed by atoms with Gasteiger partial charge in [0, 0.05) is 45.0 Å². The van der Waals surface area contributed by atoms with Gasteiger partial charge in [-0.1, -0.05) is 0 Å². The molecule has 0 bridgehead atoms. The van der Waals surface area contributed by atoms with Crippen molar-refractivity contribution < 1.29 is 9.59 Å². The van der Waals surface area contributed by atoms with Crippen LogP contribution in [0.5, 0.6) is 0 Å². The van der Waals surface area contributed by atoms with Crippen LogP contribution in [0.3, 0.4) is 0 Å². The Balaban J connectivity index is 1.54. The first kappa shape index (κ1) is 19.9. The lowest BCUT2D eigenvalue weighted by Gasteiger charge is -2.47. The van der Waals surface area contributed by atoms with Crippen LogP contribution in [0.15, 0.2) is 18.7 Å². The first-order chi connectivity index (χ1) is 12.9. The highest BCUT2D eigenvalue weighted by Gasteiger charge is 2.42. The number of carbonyl (C=O) groups is 2. The van der Waals surface area contributed by atoms with E-state index in [4.69, 9.17) is 0 Å². The van der Waals surface area contributed by atoms with Crippen molar-refractivity contribution in [2.75, 3.05) is 46.8 Å². The Morgan fingerprint density at radius 1 is 1.30 bits per heavy atom. The zero-order valence-electron chi connectivity index (χ0n) is 16.9. The lowest BCUT2D eigenvalue weighted by atomic mass is 9.72. The fraction of sp³-hybridized carbons (Fsp3) is 0.750. The molecular formula is C20H33N5O2. The van der Waals surface area contributed by atoms with Crippen molar-refractivity contribution in [2.24, 2.45) is 5.41 Å². The summed E-state index contributed by atoms with van der Waals surface area (Å²) in [6, 6.07) is -0.211. The first-order valence-electron chi connectivity index (χ1n) is 10.1. The molecule has 7 nitrogen and oxygen atoms in total. The summed E-state index contributed by atoms with van der Waals surface area (Å²) >= 11 is 0. The van der Waals surface area contributed by atoms with Crippen molar-refractivity contribution >= 4 is 11.8 Å². The highest BCUT2D eigenvalue weighted by Crippen LogP contribution is 2.40. The molecular weight excluding hydrogens is 342 g/mol. The maximum atomic E-state index is 12.8. The first-order valence-corrected chi connectivity index (χ1v) is 10.1. The second kappa shape index (κ2) is 8.42. The lowest BCUT2D eigenvalue weighted by molar-refractivity contribution is -0.143. The van der Waals surface area contributed by atoms with Crippen LogP contribution in [0.2, 0.25) is 0 Å². The topological polar surface area (TPSA) is 61.7 Å². The predicted molar refractivity (Wildman–Crippen MR) is 104 cm³/mol. The maximum Gasteiger partial charge on any atom is 0.245 e. The van der Waals surface area contributed by atoms with E-state index < -0.39 is 0 Å². The molecule has 1 spiro atoms. The Morgan fingerprint density at radius 2 is 2.04 bits per heavy atom. The van der Waals surface area contributed by atoms with Gasteiger partial charge < -0.3 is 19.3 Å². The number of likely N-dealkylation sites (tertiary alicyclic amines) is 2. The number of carbonyl (C=O) groups excluding carboxylic acids is 2. The van der Waals surface area contributed by atoms with E-state index in [0.717, 1.165) is 58.4 Å². The van der Waals surface area contributed by atoms with Gasteiger partial charge in [0.05, 0.1) is 6.33 Å². The lowest BCUT2D eigenvalue weighted by Crippen LogP contribution is -2.53. The summed E-state index contributed by atoms with van der Waals surface area (Å²) < 4.78 is 1.86. The van der Waals surface area contributed by atoms with E-state index in [0.29, 0.717) is 12.3 Å². The molecule has 1 aromatic rings. The minimum atomic E-state index is -0.211. The number of imidazole rings is 1. The summed E-state index contributed by atoms with van der Waals surface area (Å²) in [6.45, 7) is 6.22. The third kappa shape index (κ3) is 4.69. The van der Waals surface area contributed by atoms with E-state index >= 15 is 0 Å². The van der Waals surface area contributed by atoms with E-state index in [1.165, 1.54) is 0 Å². The molecule has 1 atom stereocenters. The highest BCUT2D eigenvalue weighted by atomic mass is 16.2. The molecule has 2 amide bonds. The van der Waals surface area contributed by atoms with Crippen LogP contribution >= 0.6 is 0 Å². The minimum absolute atomic E-state index is 0.164. The monoisotopic (exact) mass is 375 g/mol. The SMILES string of the molecule is C[C@@H](C(=O)N1CCC2(CCC(=O)N(CCCN(C)C)C2)CC1)n1ccnc1. The van der Waals surface area contributed by atoms with Gasteiger partial charge in [-0.3, -0.25) is 9.59 Å². The number of amides is 2. The Kier molecular flexibility index (Phi) is 6.19. The average Bonchev–Trinajstić information content (AvgIpc) is 3.19. The van der Waals surface area contributed by atoms with Crippen LogP contribution in [0.4, 0.5) is 0 Å². The van der Waals surface area contributed by atoms with Crippen LogP contribution in [-0.2, 0) is 9.59 Å². The molecule has 2 aliphatic heterocycles. The van der Waals surface area contributed by atoms with Gasteiger partial charge >= 0.3 is 0 Å². The Morgan fingerprint density at radius 3 is 2.67 bits per heavy atom. The average molecular weight is 376 g/mol. The van der Waals surface area contributed by atoms with Crippen LogP contribution in [0, 0.1) is 5.41 Å². The summed E-state index contributed by atoms with van der Waals surface area (Å²) in [5.74, 6) is 0.462. The Labute approximate surface area is 162 Å². The molecule has 3 heterocycles. The molecule has 0 unspecified atom stereocenters. The highest BCUT2D eigenvalue weighted by molar-refractivity contribution is 5.80. The van der Waals surface area contributed by atoms with Crippen LogP contribution < -0.4 is 0 Å². The largest absolute Gasteiger partial charge is 0.342 e. The standard InChI is InChI=1S/C20H33N5O2/c1-17(25-14-9-21-16-25)19(27)23-12-7-20(8-13-23)6-5-18(26)24(15-20)11-4-10-22(2)3/h9,14,16-17H,4-8,10-13,15H2,1-3H3/t17-/m0/s1. The molecule has 0 saturated carbocycles. The van der Waals surface area contributed by atoms with Crippen molar-refractivity contribution in [1.29, 1.82) is 0 Å². The van der Waals surface area contributed by atoms with Gasteiger partial charge in [0.25, 0.3) is 0 Å². The molecule has 150 valence electrons. The number of piperidine rings is 2. The third-order valence-corrected chi connectivity index (χ3v) is 6.25. The quantitative estimate of drug-likeness (QED) is 0.758. The molecule has 0 N–H and O–H groups in total. The number of aromatic nitrogens is 2. The number of nitrogens with zero attached hydrogens (tertiary/aromatic N) is 5. The second-order valence-electron chi connectivity index (χ2n) is 8.48. The van der Waals surface area contributed by atoms with Crippen molar-refractivity contribution in [1.82, 2.24) is 24.3 Å². The smallest absolute Gasteiger partial charge is 0.245 e. The van der Waals surface area contributed by atoms with Crippen molar-refractivity contribution in [2.45, 2.75) is 45.1 Å². The molecule has 2 aliphatic rings. The molecule has 1 aromatic heterocycles. The molecule has 3 rings (SSSR count). The van der Waals surface area contributed by atoms with E-state index in [9.17, 15) is 9.59 Å². The van der Waals surface area contributed by atoms with E-state index in [-0.39, 0.29) is 17.4 Å². The third-order valence-electron chi connectivity index (χ3n) is 6.25. The van der Waals surface area contributed by atoms with Crippen molar-refractivity contribution in [3.63, 3.8) is 0 Å². The Hall–Kier alpha value is -1.89. The fourth-order valence-electron chi connectivity index (χ4n) is 4.38. The summed E-state index contributed by atoms with van der Waals surface area (Å²) in [5, 5.41) is 0. The van der Waals surface area contributed by atoms with Crippen molar-refractivity contribution in [3.05, 3.63) is 18.7 Å². The molecule has 27 heavy (non-hydrogen) atoms. The maximum absolute atomic E-state index is 12.8. The van der Waals surface area contributed by atoms with Gasteiger partial charge in [-0.25, -0.2) is 4.98 Å². The normalized spacial score (nSPS) is 21.1. The number of rotatable bonds is 6. The van der Waals surface area contributed by atoms with E-state index in [1.54, 1.807) is 12.5 Å².